The van der Waals surface area contributed by atoms with Crippen LogP contribution in [0.5, 0.6) is 0 Å². The molecule has 0 fully saturated rings. The second-order valence-electron chi connectivity index (χ2n) is 8.01. The van der Waals surface area contributed by atoms with E-state index in [1.807, 2.05) is 67.8 Å². The molecule has 8 nitrogen and oxygen atoms in total. The zero-order valence-corrected chi connectivity index (χ0v) is 18.1. The van der Waals surface area contributed by atoms with Gasteiger partial charge in [0.25, 0.3) is 0 Å². The largest absolute Gasteiger partial charge is 0.376 e. The van der Waals surface area contributed by atoms with Crippen molar-refractivity contribution in [2.45, 2.75) is 0 Å². The van der Waals surface area contributed by atoms with Crippen molar-refractivity contribution in [3.63, 3.8) is 0 Å². The minimum absolute atomic E-state index is 0.744. The third kappa shape index (κ3) is 3.28. The first-order chi connectivity index (χ1) is 16.2. The summed E-state index contributed by atoms with van der Waals surface area (Å²) < 4.78 is 0. The Labute approximate surface area is 189 Å². The first kappa shape index (κ1) is 19.1. The van der Waals surface area contributed by atoms with Crippen LogP contribution in [0.3, 0.4) is 0 Å². The fourth-order valence-corrected chi connectivity index (χ4v) is 3.96. The Kier molecular flexibility index (Phi) is 4.36. The maximum absolute atomic E-state index is 4.93. The Morgan fingerprint density at radius 2 is 1.82 bits per heavy atom. The van der Waals surface area contributed by atoms with Crippen molar-refractivity contribution in [3.05, 3.63) is 73.3 Å². The molecule has 0 aliphatic carbocycles. The highest BCUT2D eigenvalue weighted by Crippen LogP contribution is 2.33. The number of H-pyrrole nitrogens is 2. The van der Waals surface area contributed by atoms with E-state index < -0.39 is 0 Å². The Hall–Kier alpha value is -4.59. The van der Waals surface area contributed by atoms with Crippen LogP contribution in [0.4, 0.5) is 5.69 Å². The van der Waals surface area contributed by atoms with E-state index in [1.54, 1.807) is 12.4 Å². The smallest absolute Gasteiger partial charge is 0.138 e. The number of nitrogens with zero attached hydrogens (tertiary/aromatic N) is 6. The topological polar surface area (TPSA) is 99.3 Å². The SMILES string of the molecule is CN(C)c1cncc(-c2ccc3[nH]nc(-c4cc5c(-c6ccccn6)ccnc5[nH]4)c3n2)c1. The Morgan fingerprint density at radius 3 is 2.67 bits per heavy atom. The normalized spacial score (nSPS) is 11.3. The second-order valence-corrected chi connectivity index (χ2v) is 8.01. The van der Waals surface area contributed by atoms with Crippen molar-refractivity contribution >= 4 is 27.8 Å². The molecule has 0 aliphatic rings. The zero-order valence-electron chi connectivity index (χ0n) is 18.1. The van der Waals surface area contributed by atoms with Crippen LogP contribution in [0.1, 0.15) is 0 Å². The van der Waals surface area contributed by atoms with E-state index >= 15 is 0 Å². The number of hydrogen-bond acceptors (Lipinski definition) is 6. The first-order valence-electron chi connectivity index (χ1n) is 10.5. The number of anilines is 1. The molecule has 0 unspecified atom stereocenters. The summed E-state index contributed by atoms with van der Waals surface area (Å²) in [6.07, 6.45) is 7.24. The van der Waals surface area contributed by atoms with Crippen molar-refractivity contribution in [2.75, 3.05) is 19.0 Å². The molecule has 6 aromatic rings. The molecule has 0 atom stereocenters. The van der Waals surface area contributed by atoms with Gasteiger partial charge in [-0.2, -0.15) is 5.10 Å². The summed E-state index contributed by atoms with van der Waals surface area (Å²) in [5.41, 5.74) is 8.74. The summed E-state index contributed by atoms with van der Waals surface area (Å²) in [6.45, 7) is 0. The van der Waals surface area contributed by atoms with Crippen molar-refractivity contribution in [1.82, 2.24) is 35.1 Å². The summed E-state index contributed by atoms with van der Waals surface area (Å²) >= 11 is 0. The molecule has 2 N–H and O–H groups in total. The van der Waals surface area contributed by atoms with Gasteiger partial charge < -0.3 is 9.88 Å². The van der Waals surface area contributed by atoms with E-state index in [2.05, 4.69) is 42.3 Å². The fourth-order valence-electron chi connectivity index (χ4n) is 3.96. The third-order valence-corrected chi connectivity index (χ3v) is 5.67. The summed E-state index contributed by atoms with van der Waals surface area (Å²) in [5, 5.41) is 8.64. The highest BCUT2D eigenvalue weighted by Gasteiger charge is 2.16. The molecule has 160 valence electrons. The van der Waals surface area contributed by atoms with Crippen LogP contribution in [0.15, 0.2) is 73.3 Å². The van der Waals surface area contributed by atoms with Gasteiger partial charge in [-0.15, -0.1) is 0 Å². The standard InChI is InChI=1S/C25H20N8/c1-33(2)16-11-15(13-26-14-16)19-6-7-21-23(29-19)24(32-31-21)22-12-18-17(8-10-28-25(18)30-22)20-5-3-4-9-27-20/h3-14H,1-2H3,(H,28,30)(H,31,32). The van der Waals surface area contributed by atoms with Crippen molar-refractivity contribution in [2.24, 2.45) is 0 Å². The fraction of sp³-hybridized carbons (Fsp3) is 0.0800. The number of pyridine rings is 4. The molecule has 0 aliphatic heterocycles. The van der Waals surface area contributed by atoms with Gasteiger partial charge in [0.05, 0.1) is 34.5 Å². The van der Waals surface area contributed by atoms with Crippen molar-refractivity contribution < 1.29 is 0 Å². The Bertz CT molecular complexity index is 1600. The minimum atomic E-state index is 0.744. The van der Waals surface area contributed by atoms with Crippen molar-refractivity contribution in [3.8, 4) is 33.9 Å². The molecule has 0 saturated carbocycles. The van der Waals surface area contributed by atoms with E-state index in [0.717, 1.165) is 61.7 Å². The molecule has 0 bridgehead atoms. The monoisotopic (exact) mass is 432 g/mol. The molecule has 6 rings (SSSR count). The molecule has 0 amide bonds. The van der Waals surface area contributed by atoms with E-state index in [9.17, 15) is 0 Å². The minimum Gasteiger partial charge on any atom is -0.376 e. The van der Waals surface area contributed by atoms with Gasteiger partial charge >= 0.3 is 0 Å². The van der Waals surface area contributed by atoms with E-state index in [-0.39, 0.29) is 0 Å². The lowest BCUT2D eigenvalue weighted by Gasteiger charge is -2.12. The quantitative estimate of drug-likeness (QED) is 0.419. The van der Waals surface area contributed by atoms with Gasteiger partial charge in [0.2, 0.25) is 0 Å². The number of nitrogens with one attached hydrogen (secondary N) is 2. The van der Waals surface area contributed by atoms with Crippen LogP contribution in [-0.2, 0) is 0 Å². The molecular formula is C25H20N8. The summed E-state index contributed by atoms with van der Waals surface area (Å²) in [6, 6.07) is 16.0. The third-order valence-electron chi connectivity index (χ3n) is 5.67. The molecule has 6 heterocycles. The molecule has 6 aromatic heterocycles. The van der Waals surface area contributed by atoms with Crippen molar-refractivity contribution in [1.29, 1.82) is 0 Å². The summed E-state index contributed by atoms with van der Waals surface area (Å²) in [4.78, 5) is 23.7. The van der Waals surface area contributed by atoms with Gasteiger partial charge in [-0.1, -0.05) is 6.07 Å². The lowest BCUT2D eigenvalue weighted by molar-refractivity contribution is 1.11. The maximum Gasteiger partial charge on any atom is 0.138 e. The van der Waals surface area contributed by atoms with Gasteiger partial charge in [0.1, 0.15) is 16.9 Å². The molecule has 8 heteroatoms. The van der Waals surface area contributed by atoms with Gasteiger partial charge in [-0.05, 0) is 42.5 Å². The van der Waals surface area contributed by atoms with E-state index in [1.165, 1.54) is 0 Å². The van der Waals surface area contributed by atoms with Gasteiger partial charge in [-0.3, -0.25) is 15.1 Å². The Balaban J connectivity index is 1.48. The van der Waals surface area contributed by atoms with Gasteiger partial charge in [0, 0.05) is 49.2 Å². The number of aromatic nitrogens is 7. The lowest BCUT2D eigenvalue weighted by Crippen LogP contribution is -2.08. The second kappa shape index (κ2) is 7.52. The molecule has 0 aromatic carbocycles. The van der Waals surface area contributed by atoms with Crippen LogP contribution in [0.25, 0.3) is 56.0 Å². The first-order valence-corrected chi connectivity index (χ1v) is 10.5. The summed E-state index contributed by atoms with van der Waals surface area (Å²) in [7, 11) is 3.99. The van der Waals surface area contributed by atoms with Crippen LogP contribution in [0, 0.1) is 0 Å². The van der Waals surface area contributed by atoms with E-state index in [0.29, 0.717) is 0 Å². The maximum atomic E-state index is 4.93. The predicted molar refractivity (Wildman–Crippen MR) is 130 cm³/mol. The average Bonchev–Trinajstić information content (AvgIpc) is 3.48. The van der Waals surface area contributed by atoms with E-state index in [4.69, 9.17) is 4.98 Å². The Morgan fingerprint density at radius 1 is 0.879 bits per heavy atom. The number of rotatable bonds is 4. The highest BCUT2D eigenvalue weighted by atomic mass is 15.1. The number of hydrogen-bond donors (Lipinski definition) is 2. The van der Waals surface area contributed by atoms with Gasteiger partial charge in [0.15, 0.2) is 0 Å². The highest BCUT2D eigenvalue weighted by molar-refractivity contribution is 5.98. The van der Waals surface area contributed by atoms with Crippen LogP contribution < -0.4 is 4.90 Å². The molecule has 33 heavy (non-hydrogen) atoms. The van der Waals surface area contributed by atoms with Crippen LogP contribution in [-0.4, -0.2) is 49.2 Å². The zero-order chi connectivity index (χ0) is 22.4. The molecule has 0 spiro atoms. The molecule has 0 radical (unpaired) electrons. The lowest BCUT2D eigenvalue weighted by atomic mass is 10.1. The predicted octanol–water partition coefficient (Wildman–Crippen LogP) is 4.69. The van der Waals surface area contributed by atoms with Gasteiger partial charge in [-0.25, -0.2) is 9.97 Å². The van der Waals surface area contributed by atoms with Crippen LogP contribution >= 0.6 is 0 Å². The average molecular weight is 432 g/mol. The van der Waals surface area contributed by atoms with Crippen LogP contribution in [0.2, 0.25) is 0 Å². The molecular weight excluding hydrogens is 412 g/mol. The number of aromatic amines is 2. The molecule has 0 saturated heterocycles. The summed E-state index contributed by atoms with van der Waals surface area (Å²) in [5.74, 6) is 0. The number of fused-ring (bicyclic) bond motifs is 2.